The summed E-state index contributed by atoms with van der Waals surface area (Å²) in [6.45, 7) is 5.34. The van der Waals surface area contributed by atoms with Crippen molar-refractivity contribution in [2.24, 2.45) is 0 Å². The lowest BCUT2D eigenvalue weighted by molar-refractivity contribution is -0.123. The Kier molecular flexibility index (Phi) is 7.76. The number of rotatable bonds is 10. The normalized spacial score (nSPS) is 11.2. The summed E-state index contributed by atoms with van der Waals surface area (Å²) >= 11 is 0. The van der Waals surface area contributed by atoms with E-state index in [2.05, 4.69) is 40.2 Å². The molecular formula is C29H31N3O2. The number of hydrogen-bond donors (Lipinski definition) is 1. The van der Waals surface area contributed by atoms with Crippen molar-refractivity contribution in [3.05, 3.63) is 101 Å². The van der Waals surface area contributed by atoms with Crippen LogP contribution in [0.25, 0.3) is 17.1 Å². The van der Waals surface area contributed by atoms with Gasteiger partial charge in [-0.2, -0.15) is 0 Å². The molecule has 0 aliphatic heterocycles. The fourth-order valence-electron chi connectivity index (χ4n) is 3.91. The van der Waals surface area contributed by atoms with Crippen LogP contribution in [0.5, 0.6) is 5.75 Å². The summed E-state index contributed by atoms with van der Waals surface area (Å²) in [7, 11) is 0. The molecule has 1 amide bonds. The molecule has 0 aliphatic rings. The van der Waals surface area contributed by atoms with Crippen LogP contribution in [-0.2, 0) is 17.8 Å². The van der Waals surface area contributed by atoms with E-state index in [-0.39, 0.29) is 12.5 Å². The van der Waals surface area contributed by atoms with Crippen molar-refractivity contribution < 1.29 is 9.53 Å². The molecule has 4 aromatic rings. The van der Waals surface area contributed by atoms with Gasteiger partial charge in [0.1, 0.15) is 11.6 Å². The van der Waals surface area contributed by atoms with Gasteiger partial charge in [0.05, 0.1) is 11.0 Å². The van der Waals surface area contributed by atoms with Gasteiger partial charge in [-0.25, -0.2) is 4.98 Å². The summed E-state index contributed by atoms with van der Waals surface area (Å²) < 4.78 is 7.95. The first kappa shape index (κ1) is 23.3. The average molecular weight is 454 g/mol. The van der Waals surface area contributed by atoms with Crippen LogP contribution in [0.4, 0.5) is 0 Å². The van der Waals surface area contributed by atoms with Gasteiger partial charge >= 0.3 is 0 Å². The Hall–Kier alpha value is -3.86. The predicted octanol–water partition coefficient (Wildman–Crippen LogP) is 5.49. The lowest BCUT2D eigenvalue weighted by Crippen LogP contribution is -2.30. The van der Waals surface area contributed by atoms with E-state index in [1.807, 2.05) is 68.4 Å². The molecule has 1 aromatic heterocycles. The van der Waals surface area contributed by atoms with Crippen LogP contribution in [0.3, 0.4) is 0 Å². The number of carbonyl (C=O) groups excluding carboxylic acids is 1. The number of nitrogens with one attached hydrogen (secondary N) is 1. The summed E-state index contributed by atoms with van der Waals surface area (Å²) in [6, 6.07) is 24.5. The molecule has 1 N–H and O–H groups in total. The first-order valence-corrected chi connectivity index (χ1v) is 11.7. The number of imidazole rings is 1. The third-order valence-electron chi connectivity index (χ3n) is 5.73. The number of hydrogen-bond acceptors (Lipinski definition) is 3. The van der Waals surface area contributed by atoms with Gasteiger partial charge in [0.15, 0.2) is 6.61 Å². The number of carbonyl (C=O) groups is 1. The molecule has 0 atom stereocenters. The molecule has 0 aliphatic carbocycles. The van der Waals surface area contributed by atoms with E-state index in [0.717, 1.165) is 53.1 Å². The van der Waals surface area contributed by atoms with Crippen LogP contribution in [0.1, 0.15) is 28.9 Å². The molecule has 174 valence electrons. The fourth-order valence-corrected chi connectivity index (χ4v) is 3.91. The number of aromatic nitrogens is 2. The maximum absolute atomic E-state index is 12.2. The van der Waals surface area contributed by atoms with E-state index >= 15 is 0 Å². The van der Waals surface area contributed by atoms with E-state index in [4.69, 9.17) is 9.72 Å². The molecule has 5 nitrogen and oxygen atoms in total. The molecule has 0 unspecified atom stereocenters. The van der Waals surface area contributed by atoms with Crippen molar-refractivity contribution in [2.45, 2.75) is 33.2 Å². The number of fused-ring (bicyclic) bond motifs is 1. The van der Waals surface area contributed by atoms with Crippen molar-refractivity contribution in [1.82, 2.24) is 14.9 Å². The first-order valence-electron chi connectivity index (χ1n) is 11.7. The van der Waals surface area contributed by atoms with Gasteiger partial charge in [-0.3, -0.25) is 4.79 Å². The molecule has 3 aromatic carbocycles. The fraction of sp³-hybridized carbons (Fsp3) is 0.241. The highest BCUT2D eigenvalue weighted by Crippen LogP contribution is 2.19. The molecule has 1 heterocycles. The standard InChI is InChI=1S/C29H31N3O2/c1-22-16-17-23(2)27(20-22)34-21-29(33)30-18-8-15-28-31-25-13-6-7-14-26(25)32(28)19-9-12-24-10-4-3-5-11-24/h3-7,9-14,16-17,20H,8,15,18-19,21H2,1-2H3,(H,30,33)/b12-9+. The quantitative estimate of drug-likeness (QED) is 0.323. The molecule has 34 heavy (non-hydrogen) atoms. The van der Waals surface area contributed by atoms with Crippen molar-refractivity contribution in [3.63, 3.8) is 0 Å². The second kappa shape index (κ2) is 11.3. The summed E-state index contributed by atoms with van der Waals surface area (Å²) in [6.07, 6.45) is 5.89. The maximum atomic E-state index is 12.2. The third-order valence-corrected chi connectivity index (χ3v) is 5.73. The van der Waals surface area contributed by atoms with E-state index in [0.29, 0.717) is 6.54 Å². The minimum atomic E-state index is -0.111. The molecule has 0 spiro atoms. The Morgan fingerprint density at radius 2 is 1.82 bits per heavy atom. The summed E-state index contributed by atoms with van der Waals surface area (Å²) in [5.41, 5.74) is 5.44. The SMILES string of the molecule is Cc1ccc(C)c(OCC(=O)NCCCc2nc3ccccc3n2C/C=C/c2ccccc2)c1. The second-order valence-electron chi connectivity index (χ2n) is 8.45. The van der Waals surface area contributed by atoms with Gasteiger partial charge in [0.2, 0.25) is 0 Å². The Morgan fingerprint density at radius 1 is 1.03 bits per heavy atom. The summed E-state index contributed by atoms with van der Waals surface area (Å²) in [4.78, 5) is 17.1. The molecule has 4 rings (SSSR count). The molecule has 0 fully saturated rings. The molecule has 5 heteroatoms. The van der Waals surface area contributed by atoms with Gasteiger partial charge in [-0.05, 0) is 55.2 Å². The first-order chi connectivity index (χ1) is 16.6. The zero-order chi connectivity index (χ0) is 23.8. The van der Waals surface area contributed by atoms with Crippen molar-refractivity contribution in [1.29, 1.82) is 0 Å². The van der Waals surface area contributed by atoms with E-state index in [1.54, 1.807) is 0 Å². The zero-order valence-electron chi connectivity index (χ0n) is 19.8. The number of amides is 1. The number of nitrogens with zero attached hydrogens (tertiary/aromatic N) is 2. The minimum absolute atomic E-state index is 0.0209. The second-order valence-corrected chi connectivity index (χ2v) is 8.45. The van der Waals surface area contributed by atoms with Crippen LogP contribution in [0, 0.1) is 13.8 Å². The number of allylic oxidation sites excluding steroid dienone is 1. The van der Waals surface area contributed by atoms with Gasteiger partial charge in [-0.15, -0.1) is 0 Å². The molecule has 0 saturated carbocycles. The van der Waals surface area contributed by atoms with Gasteiger partial charge in [0.25, 0.3) is 5.91 Å². The van der Waals surface area contributed by atoms with Crippen LogP contribution < -0.4 is 10.1 Å². The average Bonchev–Trinajstić information content (AvgIpc) is 3.20. The topological polar surface area (TPSA) is 56.1 Å². The molecular weight excluding hydrogens is 422 g/mol. The highest BCUT2D eigenvalue weighted by atomic mass is 16.5. The number of ether oxygens (including phenoxy) is 1. The van der Waals surface area contributed by atoms with Gasteiger partial charge in [-0.1, -0.05) is 66.7 Å². The van der Waals surface area contributed by atoms with Crippen molar-refractivity contribution in [2.75, 3.05) is 13.2 Å². The highest BCUT2D eigenvalue weighted by Gasteiger charge is 2.10. The molecule has 0 radical (unpaired) electrons. The number of para-hydroxylation sites is 2. The van der Waals surface area contributed by atoms with Crippen LogP contribution in [0.15, 0.2) is 78.9 Å². The zero-order valence-corrected chi connectivity index (χ0v) is 19.8. The van der Waals surface area contributed by atoms with Crippen LogP contribution >= 0.6 is 0 Å². The maximum Gasteiger partial charge on any atom is 0.257 e. The van der Waals surface area contributed by atoms with Crippen LogP contribution in [0.2, 0.25) is 0 Å². The van der Waals surface area contributed by atoms with E-state index in [1.165, 1.54) is 5.56 Å². The van der Waals surface area contributed by atoms with E-state index in [9.17, 15) is 4.79 Å². The van der Waals surface area contributed by atoms with Crippen molar-refractivity contribution in [3.8, 4) is 5.75 Å². The lowest BCUT2D eigenvalue weighted by Gasteiger charge is -2.10. The highest BCUT2D eigenvalue weighted by molar-refractivity contribution is 5.77. The van der Waals surface area contributed by atoms with Crippen molar-refractivity contribution >= 4 is 23.0 Å². The lowest BCUT2D eigenvalue weighted by atomic mass is 10.1. The molecule has 0 saturated heterocycles. The largest absolute Gasteiger partial charge is 0.483 e. The summed E-state index contributed by atoms with van der Waals surface area (Å²) in [5, 5.41) is 2.96. The molecule has 0 bridgehead atoms. The van der Waals surface area contributed by atoms with E-state index < -0.39 is 0 Å². The summed E-state index contributed by atoms with van der Waals surface area (Å²) in [5.74, 6) is 1.67. The Morgan fingerprint density at radius 3 is 2.68 bits per heavy atom. The number of aryl methyl sites for hydroxylation is 3. The van der Waals surface area contributed by atoms with Gasteiger partial charge in [0, 0.05) is 19.5 Å². The predicted molar refractivity (Wildman–Crippen MR) is 138 cm³/mol. The van der Waals surface area contributed by atoms with Gasteiger partial charge < -0.3 is 14.6 Å². The third kappa shape index (κ3) is 6.13. The Labute approximate surface area is 201 Å². The Balaban J connectivity index is 1.31. The number of benzene rings is 3. The monoisotopic (exact) mass is 453 g/mol. The smallest absolute Gasteiger partial charge is 0.257 e. The Bertz CT molecular complexity index is 1280. The van der Waals surface area contributed by atoms with Crippen LogP contribution in [-0.4, -0.2) is 28.6 Å². The minimum Gasteiger partial charge on any atom is -0.483 e.